The van der Waals surface area contributed by atoms with Gasteiger partial charge in [0.2, 0.25) is 10.0 Å². The Morgan fingerprint density at radius 2 is 1.62 bits per heavy atom. The third-order valence-corrected chi connectivity index (χ3v) is 4.42. The highest BCUT2D eigenvalue weighted by atomic mass is 32.2. The van der Waals surface area contributed by atoms with Crippen LogP contribution in [0.5, 0.6) is 0 Å². The monoisotopic (exact) mass is 354 g/mol. The lowest BCUT2D eigenvalue weighted by molar-refractivity contribution is 0.0951. The average molecular weight is 354 g/mol. The fraction of sp³-hybridized carbons (Fsp3) is 0.188. The molecule has 24 heavy (non-hydrogen) atoms. The smallest absolute Gasteiger partial charge is 0.254 e. The maximum atomic E-state index is 13.8. The van der Waals surface area contributed by atoms with Crippen LogP contribution in [0.15, 0.2) is 48.5 Å². The molecule has 1 N–H and O–H groups in total. The molecule has 0 atom stereocenters. The molecule has 0 aliphatic heterocycles. The van der Waals surface area contributed by atoms with Crippen LogP contribution in [0.4, 0.5) is 14.5 Å². The van der Waals surface area contributed by atoms with Gasteiger partial charge in [-0.25, -0.2) is 17.2 Å². The van der Waals surface area contributed by atoms with E-state index in [9.17, 15) is 22.0 Å². The number of halogens is 2. The molecule has 0 aromatic heterocycles. The standard InChI is InChI=1S/C16H16F2N2O3S/c1-24(22,23)20(15-9-5-4-8-14(15)18)11-10-19-16(21)12-6-2-3-7-13(12)17/h2-9H,10-11H2,1H3,(H,19,21). The van der Waals surface area contributed by atoms with Crippen molar-refractivity contribution in [3.05, 3.63) is 65.7 Å². The molecule has 0 bridgehead atoms. The first-order valence-electron chi connectivity index (χ1n) is 7.05. The maximum Gasteiger partial charge on any atom is 0.254 e. The summed E-state index contributed by atoms with van der Waals surface area (Å²) in [5.41, 5.74) is -0.255. The van der Waals surface area contributed by atoms with Crippen LogP contribution in [0.3, 0.4) is 0 Å². The van der Waals surface area contributed by atoms with Gasteiger partial charge in [-0.3, -0.25) is 9.10 Å². The van der Waals surface area contributed by atoms with Crippen molar-refractivity contribution in [2.24, 2.45) is 0 Å². The summed E-state index contributed by atoms with van der Waals surface area (Å²) >= 11 is 0. The van der Waals surface area contributed by atoms with Crippen LogP contribution in [-0.4, -0.2) is 33.7 Å². The van der Waals surface area contributed by atoms with Crippen molar-refractivity contribution in [3.8, 4) is 0 Å². The van der Waals surface area contributed by atoms with Gasteiger partial charge in [-0.1, -0.05) is 24.3 Å². The molecule has 8 heteroatoms. The third-order valence-electron chi connectivity index (χ3n) is 3.24. The van der Waals surface area contributed by atoms with E-state index in [2.05, 4.69) is 5.32 Å². The Hall–Kier alpha value is -2.48. The molecule has 5 nitrogen and oxygen atoms in total. The molecule has 0 fully saturated rings. The molecule has 0 radical (unpaired) electrons. The third kappa shape index (κ3) is 4.29. The highest BCUT2D eigenvalue weighted by Crippen LogP contribution is 2.20. The van der Waals surface area contributed by atoms with Crippen LogP contribution >= 0.6 is 0 Å². The Balaban J connectivity index is 2.09. The van der Waals surface area contributed by atoms with Crippen molar-refractivity contribution in [2.45, 2.75) is 0 Å². The van der Waals surface area contributed by atoms with E-state index in [4.69, 9.17) is 0 Å². The fourth-order valence-corrected chi connectivity index (χ4v) is 3.06. The van der Waals surface area contributed by atoms with Gasteiger partial charge in [-0.2, -0.15) is 0 Å². The largest absolute Gasteiger partial charge is 0.350 e. The number of hydrogen-bond acceptors (Lipinski definition) is 3. The van der Waals surface area contributed by atoms with E-state index < -0.39 is 27.6 Å². The predicted molar refractivity (Wildman–Crippen MR) is 87.3 cm³/mol. The number of sulfonamides is 1. The van der Waals surface area contributed by atoms with E-state index in [1.165, 1.54) is 36.4 Å². The molecule has 0 heterocycles. The molecular formula is C16H16F2N2O3S. The fourth-order valence-electron chi connectivity index (χ4n) is 2.13. The summed E-state index contributed by atoms with van der Waals surface area (Å²) in [6.45, 7) is -0.283. The minimum Gasteiger partial charge on any atom is -0.350 e. The number of nitrogens with one attached hydrogen (secondary N) is 1. The van der Waals surface area contributed by atoms with Gasteiger partial charge in [0.15, 0.2) is 0 Å². The number of anilines is 1. The second kappa shape index (κ2) is 7.39. The highest BCUT2D eigenvalue weighted by molar-refractivity contribution is 7.92. The van der Waals surface area contributed by atoms with E-state index in [0.29, 0.717) is 0 Å². The van der Waals surface area contributed by atoms with Crippen molar-refractivity contribution in [1.82, 2.24) is 5.32 Å². The van der Waals surface area contributed by atoms with Crippen LogP contribution in [0.1, 0.15) is 10.4 Å². The van der Waals surface area contributed by atoms with Crippen LogP contribution in [-0.2, 0) is 10.0 Å². The van der Waals surface area contributed by atoms with Gasteiger partial charge < -0.3 is 5.32 Å². The lowest BCUT2D eigenvalue weighted by Gasteiger charge is -2.23. The topological polar surface area (TPSA) is 66.5 Å². The first-order valence-corrected chi connectivity index (χ1v) is 8.90. The van der Waals surface area contributed by atoms with Gasteiger partial charge in [0.05, 0.1) is 24.1 Å². The highest BCUT2D eigenvalue weighted by Gasteiger charge is 2.20. The molecule has 0 saturated heterocycles. The maximum absolute atomic E-state index is 13.8. The van der Waals surface area contributed by atoms with Crippen molar-refractivity contribution in [1.29, 1.82) is 0 Å². The first-order chi connectivity index (χ1) is 11.3. The number of nitrogens with zero attached hydrogens (tertiary/aromatic N) is 1. The van der Waals surface area contributed by atoms with Gasteiger partial charge in [0, 0.05) is 6.54 Å². The molecule has 2 aromatic carbocycles. The number of benzene rings is 2. The van der Waals surface area contributed by atoms with Crippen molar-refractivity contribution in [2.75, 3.05) is 23.7 Å². The lowest BCUT2D eigenvalue weighted by Crippen LogP contribution is -2.38. The van der Waals surface area contributed by atoms with Crippen LogP contribution < -0.4 is 9.62 Å². The second-order valence-corrected chi connectivity index (χ2v) is 6.93. The van der Waals surface area contributed by atoms with Crippen LogP contribution in [0.2, 0.25) is 0 Å². The summed E-state index contributed by atoms with van der Waals surface area (Å²) in [6.07, 6.45) is 0.943. The number of rotatable bonds is 6. The Bertz CT molecular complexity index is 841. The summed E-state index contributed by atoms with van der Waals surface area (Å²) in [6, 6.07) is 10.9. The van der Waals surface area contributed by atoms with Gasteiger partial charge >= 0.3 is 0 Å². The number of para-hydroxylation sites is 1. The Kier molecular flexibility index (Phi) is 5.50. The van der Waals surface area contributed by atoms with Crippen LogP contribution in [0.25, 0.3) is 0 Å². The van der Waals surface area contributed by atoms with E-state index in [0.717, 1.165) is 22.7 Å². The van der Waals surface area contributed by atoms with Crippen molar-refractivity contribution in [3.63, 3.8) is 0 Å². The van der Waals surface area contributed by atoms with Crippen molar-refractivity contribution < 1.29 is 22.0 Å². The molecule has 128 valence electrons. The van der Waals surface area contributed by atoms with Gasteiger partial charge in [0.25, 0.3) is 5.91 Å². The second-order valence-electron chi connectivity index (χ2n) is 5.02. The Labute approximate surface area is 139 Å². The lowest BCUT2D eigenvalue weighted by atomic mass is 10.2. The zero-order valence-corrected chi connectivity index (χ0v) is 13.7. The minimum absolute atomic E-state index is 0.103. The number of amides is 1. The molecule has 0 aliphatic carbocycles. The average Bonchev–Trinajstić information content (AvgIpc) is 2.52. The van der Waals surface area contributed by atoms with E-state index in [1.54, 1.807) is 0 Å². The summed E-state index contributed by atoms with van der Waals surface area (Å²) in [4.78, 5) is 11.9. The van der Waals surface area contributed by atoms with E-state index in [-0.39, 0.29) is 24.3 Å². The minimum atomic E-state index is -3.74. The molecule has 0 spiro atoms. The van der Waals surface area contributed by atoms with Gasteiger partial charge in [-0.05, 0) is 24.3 Å². The molecular weight excluding hydrogens is 338 g/mol. The van der Waals surface area contributed by atoms with Crippen molar-refractivity contribution >= 4 is 21.6 Å². The summed E-state index contributed by atoms with van der Waals surface area (Å²) in [5.74, 6) is -2.04. The summed E-state index contributed by atoms with van der Waals surface area (Å²) < 4.78 is 51.9. The van der Waals surface area contributed by atoms with Gasteiger partial charge in [-0.15, -0.1) is 0 Å². The Morgan fingerprint density at radius 3 is 2.21 bits per heavy atom. The predicted octanol–water partition coefficient (Wildman–Crippen LogP) is 2.16. The zero-order valence-electron chi connectivity index (χ0n) is 12.9. The van der Waals surface area contributed by atoms with E-state index >= 15 is 0 Å². The number of carbonyl (C=O) groups excluding carboxylic acids is 1. The SMILES string of the molecule is CS(=O)(=O)N(CCNC(=O)c1ccccc1F)c1ccccc1F. The van der Waals surface area contributed by atoms with Gasteiger partial charge in [0.1, 0.15) is 11.6 Å². The number of carbonyl (C=O) groups is 1. The van der Waals surface area contributed by atoms with E-state index in [1.807, 2.05) is 0 Å². The summed E-state index contributed by atoms with van der Waals surface area (Å²) in [5, 5.41) is 2.42. The zero-order chi connectivity index (χ0) is 17.7. The normalized spacial score (nSPS) is 11.1. The first kappa shape index (κ1) is 17.9. The molecule has 0 unspecified atom stereocenters. The number of hydrogen-bond donors (Lipinski definition) is 1. The quantitative estimate of drug-likeness (QED) is 0.864. The molecule has 0 aliphatic rings. The summed E-state index contributed by atoms with van der Waals surface area (Å²) in [7, 11) is -3.74. The molecule has 2 aromatic rings. The molecule has 0 saturated carbocycles. The Morgan fingerprint density at radius 1 is 1.04 bits per heavy atom. The molecule has 2 rings (SSSR count). The molecule has 1 amide bonds. The van der Waals surface area contributed by atoms with Crippen LogP contribution in [0, 0.1) is 11.6 Å².